The van der Waals surface area contributed by atoms with Crippen LogP contribution < -0.4 is 16.0 Å². The van der Waals surface area contributed by atoms with Crippen molar-refractivity contribution in [3.05, 3.63) is 70.7 Å². The van der Waals surface area contributed by atoms with E-state index in [1.807, 2.05) is 62.4 Å². The molecule has 0 spiro atoms. The zero-order chi connectivity index (χ0) is 19.2. The molecule has 1 heterocycles. The van der Waals surface area contributed by atoms with Crippen LogP contribution in [0.5, 0.6) is 0 Å². The summed E-state index contributed by atoms with van der Waals surface area (Å²) in [6.45, 7) is 3.97. The zero-order valence-electron chi connectivity index (χ0n) is 15.1. The van der Waals surface area contributed by atoms with Gasteiger partial charge >= 0.3 is 6.03 Å². The molecule has 0 radical (unpaired) electrons. The largest absolute Gasteiger partial charge is 0.326 e. The normalized spacial score (nSPS) is 10.3. The molecule has 0 aliphatic rings. The number of carbonyl (C=O) groups is 2. The van der Waals surface area contributed by atoms with Crippen LogP contribution in [-0.2, 0) is 11.2 Å². The first-order chi connectivity index (χ1) is 13.0. The van der Waals surface area contributed by atoms with Gasteiger partial charge in [-0.25, -0.2) is 9.78 Å². The summed E-state index contributed by atoms with van der Waals surface area (Å²) >= 11 is 1.28. The Morgan fingerprint density at radius 2 is 1.41 bits per heavy atom. The van der Waals surface area contributed by atoms with Crippen molar-refractivity contribution in [2.24, 2.45) is 0 Å². The first-order valence-corrected chi connectivity index (χ1v) is 9.31. The number of urea groups is 1. The molecule has 0 aliphatic carbocycles. The molecule has 0 bridgehead atoms. The smallest absolute Gasteiger partial charge is 0.325 e. The van der Waals surface area contributed by atoms with Crippen molar-refractivity contribution in [1.29, 1.82) is 0 Å². The van der Waals surface area contributed by atoms with Crippen LogP contribution >= 0.6 is 11.3 Å². The van der Waals surface area contributed by atoms with E-state index in [0.717, 1.165) is 16.8 Å². The Bertz CT molecular complexity index is 857. The molecule has 1 aromatic heterocycles. The highest BCUT2D eigenvalue weighted by atomic mass is 32.1. The summed E-state index contributed by atoms with van der Waals surface area (Å²) in [6, 6.07) is 14.7. The number of anilines is 3. The first kappa shape index (κ1) is 18.6. The number of aromatic nitrogens is 1. The fourth-order valence-electron chi connectivity index (χ4n) is 2.35. The summed E-state index contributed by atoms with van der Waals surface area (Å²) in [4.78, 5) is 28.4. The maximum atomic E-state index is 12.1. The molecule has 3 rings (SSSR count). The Labute approximate surface area is 161 Å². The lowest BCUT2D eigenvalue weighted by Gasteiger charge is -2.05. The molecule has 0 saturated heterocycles. The van der Waals surface area contributed by atoms with Gasteiger partial charge in [-0.05, 0) is 38.1 Å². The van der Waals surface area contributed by atoms with Gasteiger partial charge in [0.25, 0.3) is 0 Å². The van der Waals surface area contributed by atoms with Gasteiger partial charge in [0, 0.05) is 16.8 Å². The van der Waals surface area contributed by atoms with Crippen molar-refractivity contribution in [2.45, 2.75) is 20.3 Å². The van der Waals surface area contributed by atoms with Crippen molar-refractivity contribution in [3.63, 3.8) is 0 Å². The minimum absolute atomic E-state index is 0.144. The predicted octanol–water partition coefficient (Wildman–Crippen LogP) is 4.59. The van der Waals surface area contributed by atoms with Gasteiger partial charge < -0.3 is 10.6 Å². The number of nitrogens with zero attached hydrogens (tertiary/aromatic N) is 1. The van der Waals surface area contributed by atoms with Crippen LogP contribution in [0.4, 0.5) is 21.3 Å². The van der Waals surface area contributed by atoms with Crippen LogP contribution in [0.3, 0.4) is 0 Å². The topological polar surface area (TPSA) is 83.1 Å². The number of hydrogen-bond donors (Lipinski definition) is 3. The summed E-state index contributed by atoms with van der Waals surface area (Å²) in [5.74, 6) is -0.153. The molecule has 0 saturated carbocycles. The lowest BCUT2D eigenvalue weighted by Crippen LogP contribution is -2.19. The Kier molecular flexibility index (Phi) is 5.83. The molecule has 27 heavy (non-hydrogen) atoms. The molecule has 0 atom stereocenters. The van der Waals surface area contributed by atoms with Crippen molar-refractivity contribution >= 4 is 39.8 Å². The number of carbonyl (C=O) groups excluding carboxylic acids is 2. The number of amides is 3. The third-order valence-electron chi connectivity index (χ3n) is 3.76. The Hall–Kier alpha value is -3.19. The summed E-state index contributed by atoms with van der Waals surface area (Å²) in [5.41, 5.74) is 4.31. The van der Waals surface area contributed by atoms with E-state index in [1.54, 1.807) is 5.38 Å². The lowest BCUT2D eigenvalue weighted by atomic mass is 10.2. The quantitative estimate of drug-likeness (QED) is 0.606. The molecule has 6 nitrogen and oxygen atoms in total. The van der Waals surface area contributed by atoms with Gasteiger partial charge in [-0.2, -0.15) is 0 Å². The van der Waals surface area contributed by atoms with Gasteiger partial charge in [0.15, 0.2) is 5.13 Å². The second-order valence-corrected chi connectivity index (χ2v) is 7.04. The lowest BCUT2D eigenvalue weighted by molar-refractivity contribution is -0.115. The van der Waals surface area contributed by atoms with Crippen molar-refractivity contribution in [3.8, 4) is 0 Å². The molecule has 0 aliphatic heterocycles. The third-order valence-corrected chi connectivity index (χ3v) is 4.57. The Balaban J connectivity index is 1.51. The molecule has 2 aromatic carbocycles. The number of aryl methyl sites for hydroxylation is 2. The number of benzene rings is 2. The second-order valence-electron chi connectivity index (χ2n) is 6.18. The molecule has 3 N–H and O–H groups in total. The van der Waals surface area contributed by atoms with E-state index in [9.17, 15) is 9.59 Å². The highest BCUT2D eigenvalue weighted by Gasteiger charge is 2.10. The van der Waals surface area contributed by atoms with Crippen LogP contribution in [0.15, 0.2) is 53.9 Å². The average Bonchev–Trinajstić information content (AvgIpc) is 3.05. The summed E-state index contributed by atoms with van der Waals surface area (Å²) in [7, 11) is 0. The van der Waals surface area contributed by atoms with Crippen LogP contribution in [0.2, 0.25) is 0 Å². The number of hydrogen-bond acceptors (Lipinski definition) is 4. The van der Waals surface area contributed by atoms with Crippen LogP contribution in [0, 0.1) is 13.8 Å². The SMILES string of the molecule is Cc1ccc(NC(=O)Cc2csc(NC(=O)Nc3ccc(C)cc3)n2)cc1. The summed E-state index contributed by atoms with van der Waals surface area (Å²) in [6.07, 6.45) is 0.144. The maximum absolute atomic E-state index is 12.1. The van der Waals surface area contributed by atoms with Crippen LogP contribution in [-0.4, -0.2) is 16.9 Å². The minimum atomic E-state index is -0.371. The highest BCUT2D eigenvalue weighted by molar-refractivity contribution is 7.14. The van der Waals surface area contributed by atoms with Crippen molar-refractivity contribution < 1.29 is 9.59 Å². The van der Waals surface area contributed by atoms with E-state index in [0.29, 0.717) is 16.5 Å². The van der Waals surface area contributed by atoms with E-state index < -0.39 is 0 Å². The van der Waals surface area contributed by atoms with Gasteiger partial charge in [0.2, 0.25) is 5.91 Å². The number of nitrogens with one attached hydrogen (secondary N) is 3. The zero-order valence-corrected chi connectivity index (χ0v) is 15.9. The molecule has 3 aromatic rings. The Morgan fingerprint density at radius 1 is 0.852 bits per heavy atom. The Morgan fingerprint density at radius 3 is 2.00 bits per heavy atom. The van der Waals surface area contributed by atoms with Crippen molar-refractivity contribution in [2.75, 3.05) is 16.0 Å². The number of thiazole rings is 1. The molecule has 0 fully saturated rings. The average molecular weight is 380 g/mol. The van der Waals surface area contributed by atoms with E-state index in [1.165, 1.54) is 11.3 Å². The molecule has 0 unspecified atom stereocenters. The fourth-order valence-corrected chi connectivity index (χ4v) is 3.05. The molecular formula is C20H20N4O2S. The van der Waals surface area contributed by atoms with Gasteiger partial charge in [-0.3, -0.25) is 10.1 Å². The van der Waals surface area contributed by atoms with Gasteiger partial charge in [0.05, 0.1) is 12.1 Å². The molecule has 3 amide bonds. The van der Waals surface area contributed by atoms with Crippen molar-refractivity contribution in [1.82, 2.24) is 4.98 Å². The van der Waals surface area contributed by atoms with Crippen LogP contribution in [0.25, 0.3) is 0 Å². The molecular weight excluding hydrogens is 360 g/mol. The first-order valence-electron chi connectivity index (χ1n) is 8.43. The summed E-state index contributed by atoms with van der Waals surface area (Å²) in [5, 5.41) is 10.5. The summed E-state index contributed by atoms with van der Waals surface area (Å²) < 4.78 is 0. The standard InChI is InChI=1S/C20H20N4O2S/c1-13-3-7-15(8-4-13)21-18(25)11-17-12-27-20(23-17)24-19(26)22-16-9-5-14(2)6-10-16/h3-10,12H,11H2,1-2H3,(H,21,25)(H2,22,23,24,26). The molecule has 138 valence electrons. The maximum Gasteiger partial charge on any atom is 0.325 e. The van der Waals surface area contributed by atoms with E-state index >= 15 is 0 Å². The predicted molar refractivity (Wildman–Crippen MR) is 109 cm³/mol. The van der Waals surface area contributed by atoms with Crippen LogP contribution in [0.1, 0.15) is 16.8 Å². The molecule has 7 heteroatoms. The third kappa shape index (κ3) is 5.65. The second kappa shape index (κ2) is 8.46. The van der Waals surface area contributed by atoms with Gasteiger partial charge in [-0.1, -0.05) is 35.4 Å². The highest BCUT2D eigenvalue weighted by Crippen LogP contribution is 2.17. The number of rotatable bonds is 5. The fraction of sp³-hybridized carbons (Fsp3) is 0.150. The minimum Gasteiger partial charge on any atom is -0.326 e. The van der Waals surface area contributed by atoms with Gasteiger partial charge in [-0.15, -0.1) is 11.3 Å². The monoisotopic (exact) mass is 380 g/mol. The van der Waals surface area contributed by atoms with Gasteiger partial charge in [0.1, 0.15) is 0 Å². The van der Waals surface area contributed by atoms with E-state index in [4.69, 9.17) is 0 Å². The van der Waals surface area contributed by atoms with E-state index in [2.05, 4.69) is 20.9 Å². The van der Waals surface area contributed by atoms with E-state index in [-0.39, 0.29) is 18.4 Å².